The van der Waals surface area contributed by atoms with Crippen LogP contribution in [0.25, 0.3) is 0 Å². The Morgan fingerprint density at radius 3 is 2.83 bits per heavy atom. The van der Waals surface area contributed by atoms with E-state index in [1.165, 1.54) is 17.4 Å². The SMILES string of the molecule is CC(C)NC(=O)c1cc2n(n1)[C@H](C(F)(F)F)C[C@@H](c1cccs1)N2. The van der Waals surface area contributed by atoms with Gasteiger partial charge in [0, 0.05) is 23.4 Å². The lowest BCUT2D eigenvalue weighted by atomic mass is 10.0. The predicted molar refractivity (Wildman–Crippen MR) is 85.2 cm³/mol. The van der Waals surface area contributed by atoms with Crippen LogP contribution in [0.1, 0.15) is 47.7 Å². The van der Waals surface area contributed by atoms with Crippen molar-refractivity contribution in [1.29, 1.82) is 0 Å². The van der Waals surface area contributed by atoms with E-state index in [0.29, 0.717) is 0 Å². The van der Waals surface area contributed by atoms with E-state index >= 15 is 0 Å². The molecule has 2 aromatic rings. The number of anilines is 1. The van der Waals surface area contributed by atoms with E-state index < -0.39 is 24.2 Å². The zero-order valence-corrected chi connectivity index (χ0v) is 13.9. The van der Waals surface area contributed by atoms with E-state index in [0.717, 1.165) is 9.56 Å². The van der Waals surface area contributed by atoms with Crippen LogP contribution in [-0.4, -0.2) is 27.9 Å². The van der Waals surface area contributed by atoms with Gasteiger partial charge in [0.15, 0.2) is 11.7 Å². The largest absolute Gasteiger partial charge is 0.410 e. The van der Waals surface area contributed by atoms with Crippen molar-refractivity contribution in [2.45, 2.75) is 44.6 Å². The van der Waals surface area contributed by atoms with Crippen LogP contribution in [0.15, 0.2) is 23.6 Å². The Morgan fingerprint density at radius 1 is 1.50 bits per heavy atom. The number of halogens is 3. The van der Waals surface area contributed by atoms with Gasteiger partial charge in [-0.1, -0.05) is 6.07 Å². The number of aromatic nitrogens is 2. The number of hydrogen-bond acceptors (Lipinski definition) is 4. The summed E-state index contributed by atoms with van der Waals surface area (Å²) in [5, 5.41) is 11.4. The molecule has 1 aliphatic heterocycles. The number of carbonyl (C=O) groups is 1. The van der Waals surface area contributed by atoms with Gasteiger partial charge in [0.2, 0.25) is 0 Å². The smallest absolute Gasteiger partial charge is 0.363 e. The van der Waals surface area contributed by atoms with Gasteiger partial charge < -0.3 is 10.6 Å². The molecule has 1 amide bonds. The lowest BCUT2D eigenvalue weighted by Crippen LogP contribution is -2.35. The first-order valence-electron chi connectivity index (χ1n) is 7.52. The molecular formula is C15H17F3N4OS. The third-order valence-corrected chi connectivity index (χ3v) is 4.71. The number of rotatable bonds is 3. The maximum absolute atomic E-state index is 13.5. The van der Waals surface area contributed by atoms with E-state index in [4.69, 9.17) is 0 Å². The zero-order valence-electron chi connectivity index (χ0n) is 13.1. The minimum atomic E-state index is -4.44. The van der Waals surface area contributed by atoms with Gasteiger partial charge in [-0.05, 0) is 25.3 Å². The monoisotopic (exact) mass is 358 g/mol. The summed E-state index contributed by atoms with van der Waals surface area (Å²) >= 11 is 1.40. The Balaban J connectivity index is 1.95. The predicted octanol–water partition coefficient (Wildman–Crippen LogP) is 3.74. The molecule has 0 saturated heterocycles. The lowest BCUT2D eigenvalue weighted by molar-refractivity contribution is -0.173. The van der Waals surface area contributed by atoms with E-state index in [-0.39, 0.29) is 24.0 Å². The molecule has 3 rings (SSSR count). The number of nitrogens with one attached hydrogen (secondary N) is 2. The number of amides is 1. The highest BCUT2D eigenvalue weighted by Gasteiger charge is 2.47. The number of hydrogen-bond donors (Lipinski definition) is 2. The lowest BCUT2D eigenvalue weighted by Gasteiger charge is -2.32. The molecule has 0 spiro atoms. The van der Waals surface area contributed by atoms with Crippen LogP contribution >= 0.6 is 11.3 Å². The van der Waals surface area contributed by atoms with E-state index in [1.807, 2.05) is 5.38 Å². The van der Waals surface area contributed by atoms with Crippen molar-refractivity contribution >= 4 is 23.1 Å². The van der Waals surface area contributed by atoms with Gasteiger partial charge in [-0.25, -0.2) is 4.68 Å². The molecule has 9 heteroatoms. The van der Waals surface area contributed by atoms with Crippen molar-refractivity contribution in [2.75, 3.05) is 5.32 Å². The molecule has 0 fully saturated rings. The number of thiophene rings is 1. The van der Waals surface area contributed by atoms with E-state index in [2.05, 4.69) is 15.7 Å². The normalized spacial score (nSPS) is 20.6. The summed E-state index contributed by atoms with van der Waals surface area (Å²) in [5.41, 5.74) is -0.0210. The Kier molecular flexibility index (Phi) is 4.29. The molecule has 0 saturated carbocycles. The quantitative estimate of drug-likeness (QED) is 0.879. The maximum Gasteiger partial charge on any atom is 0.410 e. The molecular weight excluding hydrogens is 341 g/mol. The highest BCUT2D eigenvalue weighted by atomic mass is 32.1. The summed E-state index contributed by atoms with van der Waals surface area (Å²) in [5.74, 6) is -0.279. The number of carbonyl (C=O) groups excluding carboxylic acids is 1. The summed E-state index contributed by atoms with van der Waals surface area (Å²) in [6.07, 6.45) is -4.60. The molecule has 0 aromatic carbocycles. The van der Waals surface area contributed by atoms with E-state index in [9.17, 15) is 18.0 Å². The third kappa shape index (κ3) is 3.26. The number of nitrogens with zero attached hydrogens (tertiary/aromatic N) is 2. The summed E-state index contributed by atoms with van der Waals surface area (Å²) in [6.45, 7) is 3.55. The molecule has 0 radical (unpaired) electrons. The second-order valence-corrected chi connectivity index (χ2v) is 6.97. The minimum absolute atomic E-state index is 0.0210. The Labute approximate surface area is 140 Å². The molecule has 2 atom stereocenters. The molecule has 1 aliphatic rings. The molecule has 5 nitrogen and oxygen atoms in total. The van der Waals surface area contributed by atoms with Crippen molar-refractivity contribution in [3.05, 3.63) is 34.2 Å². The molecule has 130 valence electrons. The van der Waals surface area contributed by atoms with Crippen molar-refractivity contribution in [1.82, 2.24) is 15.1 Å². The molecule has 0 bridgehead atoms. The molecule has 0 unspecified atom stereocenters. The standard InChI is InChI=1S/C15H17F3N4OS/c1-8(2)19-14(23)10-7-13-20-9(11-4-3-5-24-11)6-12(15(16,17)18)22(13)21-10/h3-5,7-9,12,20H,6H2,1-2H3,(H,19,23)/t9-,12-/m0/s1. The minimum Gasteiger partial charge on any atom is -0.363 e. The van der Waals surface area contributed by atoms with Crippen LogP contribution in [0.4, 0.5) is 19.0 Å². The fourth-order valence-electron chi connectivity index (χ4n) is 2.70. The first-order chi connectivity index (χ1) is 11.3. The van der Waals surface area contributed by atoms with E-state index in [1.54, 1.807) is 26.0 Å². The van der Waals surface area contributed by atoms with Crippen LogP contribution in [0.2, 0.25) is 0 Å². The zero-order chi connectivity index (χ0) is 17.5. The molecule has 2 aromatic heterocycles. The van der Waals surface area contributed by atoms with Crippen LogP contribution in [0.5, 0.6) is 0 Å². The highest BCUT2D eigenvalue weighted by molar-refractivity contribution is 7.10. The number of alkyl halides is 3. The summed E-state index contributed by atoms with van der Waals surface area (Å²) < 4.78 is 41.3. The van der Waals surface area contributed by atoms with Gasteiger partial charge in [0.25, 0.3) is 5.91 Å². The second kappa shape index (κ2) is 6.12. The van der Waals surface area contributed by atoms with Gasteiger partial charge >= 0.3 is 6.18 Å². The van der Waals surface area contributed by atoms with Gasteiger partial charge in [-0.15, -0.1) is 11.3 Å². The van der Waals surface area contributed by atoms with Crippen LogP contribution in [0.3, 0.4) is 0 Å². The maximum atomic E-state index is 13.5. The van der Waals surface area contributed by atoms with Gasteiger partial charge in [-0.2, -0.15) is 18.3 Å². The summed E-state index contributed by atoms with van der Waals surface area (Å²) in [6, 6.07) is 2.63. The average molecular weight is 358 g/mol. The second-order valence-electron chi connectivity index (χ2n) is 5.99. The Morgan fingerprint density at radius 2 is 2.25 bits per heavy atom. The van der Waals surface area contributed by atoms with Crippen molar-refractivity contribution in [3.63, 3.8) is 0 Å². The Hall–Kier alpha value is -2.03. The topological polar surface area (TPSA) is 59.0 Å². The summed E-state index contributed by atoms with van der Waals surface area (Å²) in [4.78, 5) is 12.9. The van der Waals surface area contributed by atoms with Crippen molar-refractivity contribution < 1.29 is 18.0 Å². The van der Waals surface area contributed by atoms with Crippen molar-refractivity contribution in [3.8, 4) is 0 Å². The third-order valence-electron chi connectivity index (χ3n) is 3.73. The van der Waals surface area contributed by atoms with Crippen LogP contribution in [0, 0.1) is 0 Å². The molecule has 0 aliphatic carbocycles. The fraction of sp³-hybridized carbons (Fsp3) is 0.467. The van der Waals surface area contributed by atoms with Crippen LogP contribution in [-0.2, 0) is 0 Å². The first kappa shape index (κ1) is 16.8. The molecule has 3 heterocycles. The summed E-state index contributed by atoms with van der Waals surface area (Å²) in [7, 11) is 0. The molecule has 2 N–H and O–H groups in total. The average Bonchev–Trinajstić information content (AvgIpc) is 3.13. The first-order valence-corrected chi connectivity index (χ1v) is 8.40. The highest BCUT2D eigenvalue weighted by Crippen LogP contribution is 2.44. The van der Waals surface area contributed by atoms with Crippen molar-refractivity contribution in [2.24, 2.45) is 0 Å². The number of fused-ring (bicyclic) bond motifs is 1. The van der Waals surface area contributed by atoms with Gasteiger partial charge in [0.05, 0.1) is 6.04 Å². The van der Waals surface area contributed by atoms with Crippen LogP contribution < -0.4 is 10.6 Å². The Bertz CT molecular complexity index is 724. The van der Waals surface area contributed by atoms with Gasteiger partial charge in [0.1, 0.15) is 5.82 Å². The molecule has 24 heavy (non-hydrogen) atoms. The fourth-order valence-corrected chi connectivity index (χ4v) is 3.49. The van der Waals surface area contributed by atoms with Gasteiger partial charge in [-0.3, -0.25) is 4.79 Å².